The monoisotopic (exact) mass is 305 g/mol. The van der Waals surface area contributed by atoms with Crippen LogP contribution < -0.4 is 5.32 Å². The van der Waals surface area contributed by atoms with Crippen molar-refractivity contribution in [1.82, 2.24) is 5.32 Å². The molecule has 20 heavy (non-hydrogen) atoms. The molecule has 3 nitrogen and oxygen atoms in total. The molecule has 122 valence electrons. The molecule has 0 aliphatic rings. The average Bonchev–Trinajstić information content (AvgIpc) is 2.41. The molecule has 0 radical (unpaired) electrons. The van der Waals surface area contributed by atoms with Gasteiger partial charge in [0.2, 0.25) is 0 Å². The van der Waals surface area contributed by atoms with E-state index in [2.05, 4.69) is 25.4 Å². The first kappa shape index (κ1) is 20.2. The third-order valence-electron chi connectivity index (χ3n) is 3.21. The maximum Gasteiger partial charge on any atom is 0.0897 e. The van der Waals surface area contributed by atoms with Gasteiger partial charge in [0.1, 0.15) is 0 Å². The molecule has 1 unspecified atom stereocenters. The van der Waals surface area contributed by atoms with Gasteiger partial charge in [0.25, 0.3) is 0 Å². The van der Waals surface area contributed by atoms with Gasteiger partial charge >= 0.3 is 0 Å². The Labute approximate surface area is 130 Å². The second-order valence-electron chi connectivity index (χ2n) is 5.88. The van der Waals surface area contributed by atoms with Crippen LogP contribution in [-0.4, -0.2) is 49.5 Å². The average molecular weight is 306 g/mol. The zero-order chi connectivity index (χ0) is 15.1. The zero-order valence-electron chi connectivity index (χ0n) is 13.7. The molecule has 0 saturated heterocycles. The predicted molar refractivity (Wildman–Crippen MR) is 90.6 cm³/mol. The van der Waals surface area contributed by atoms with E-state index in [1.807, 2.05) is 11.8 Å². The Bertz CT molecular complexity index is 191. The summed E-state index contributed by atoms with van der Waals surface area (Å²) in [6.45, 7) is 7.32. The molecule has 0 saturated carbocycles. The van der Waals surface area contributed by atoms with E-state index in [9.17, 15) is 5.11 Å². The highest BCUT2D eigenvalue weighted by molar-refractivity contribution is 7.98. The van der Waals surface area contributed by atoms with Crippen LogP contribution >= 0.6 is 11.8 Å². The van der Waals surface area contributed by atoms with Crippen molar-refractivity contribution in [1.29, 1.82) is 0 Å². The van der Waals surface area contributed by atoms with Crippen molar-refractivity contribution in [3.8, 4) is 0 Å². The Morgan fingerprint density at radius 3 is 2.55 bits per heavy atom. The molecule has 0 aromatic rings. The van der Waals surface area contributed by atoms with Gasteiger partial charge in [-0.05, 0) is 50.2 Å². The van der Waals surface area contributed by atoms with Gasteiger partial charge in [0, 0.05) is 13.2 Å². The fraction of sp³-hybridized carbons (Fsp3) is 1.00. The third-order valence-corrected chi connectivity index (χ3v) is 3.91. The molecule has 0 bridgehead atoms. The minimum Gasteiger partial charge on any atom is -0.389 e. The molecule has 4 heteroatoms. The molecule has 0 rings (SSSR count). The molecule has 0 fully saturated rings. The maximum absolute atomic E-state index is 9.74. The van der Waals surface area contributed by atoms with Crippen LogP contribution in [0.2, 0.25) is 0 Å². The van der Waals surface area contributed by atoms with E-state index < -0.39 is 0 Å². The number of hydrogen-bond donors (Lipinski definition) is 2. The largest absolute Gasteiger partial charge is 0.389 e. The molecular formula is C16H35NO2S. The number of unbranched alkanes of at least 4 members (excludes halogenated alkanes) is 3. The molecule has 0 aromatic heterocycles. The second kappa shape index (κ2) is 15.6. The first-order chi connectivity index (χ1) is 9.66. The van der Waals surface area contributed by atoms with E-state index in [-0.39, 0.29) is 6.10 Å². The minimum absolute atomic E-state index is 0.370. The van der Waals surface area contributed by atoms with Gasteiger partial charge in [-0.2, -0.15) is 11.8 Å². The van der Waals surface area contributed by atoms with E-state index >= 15 is 0 Å². The zero-order valence-corrected chi connectivity index (χ0v) is 14.5. The summed E-state index contributed by atoms with van der Waals surface area (Å²) in [5.74, 6) is 2.02. The van der Waals surface area contributed by atoms with Crippen molar-refractivity contribution in [2.75, 3.05) is 38.3 Å². The van der Waals surface area contributed by atoms with E-state index in [4.69, 9.17) is 4.74 Å². The van der Waals surface area contributed by atoms with Gasteiger partial charge < -0.3 is 15.2 Å². The van der Waals surface area contributed by atoms with Crippen LogP contribution in [0.1, 0.15) is 52.4 Å². The van der Waals surface area contributed by atoms with E-state index in [1.54, 1.807) is 0 Å². The Morgan fingerprint density at radius 1 is 1.10 bits per heavy atom. The van der Waals surface area contributed by atoms with Gasteiger partial charge in [0.05, 0.1) is 12.7 Å². The molecule has 0 spiro atoms. The number of ether oxygens (including phenoxy) is 1. The first-order valence-corrected chi connectivity index (χ1v) is 9.51. The number of nitrogens with one attached hydrogen (secondary N) is 1. The van der Waals surface area contributed by atoms with Crippen LogP contribution in [0.25, 0.3) is 0 Å². The summed E-state index contributed by atoms with van der Waals surface area (Å²) in [7, 11) is 0. The fourth-order valence-electron chi connectivity index (χ4n) is 1.99. The molecule has 1 atom stereocenters. The van der Waals surface area contributed by atoms with Crippen LogP contribution in [0.3, 0.4) is 0 Å². The third kappa shape index (κ3) is 16.3. The van der Waals surface area contributed by atoms with Crippen molar-refractivity contribution < 1.29 is 9.84 Å². The van der Waals surface area contributed by atoms with Gasteiger partial charge in [-0.3, -0.25) is 0 Å². The van der Waals surface area contributed by atoms with E-state index in [1.165, 1.54) is 37.9 Å². The van der Waals surface area contributed by atoms with Gasteiger partial charge in [-0.15, -0.1) is 0 Å². The highest BCUT2D eigenvalue weighted by Gasteiger charge is 2.03. The minimum atomic E-state index is -0.370. The Balaban J connectivity index is 3.14. The van der Waals surface area contributed by atoms with Gasteiger partial charge in [-0.25, -0.2) is 0 Å². The lowest BCUT2D eigenvalue weighted by molar-refractivity contribution is 0.0348. The van der Waals surface area contributed by atoms with Crippen molar-refractivity contribution in [3.63, 3.8) is 0 Å². The molecule has 0 aliphatic heterocycles. The van der Waals surface area contributed by atoms with Gasteiger partial charge in [-0.1, -0.05) is 26.7 Å². The Kier molecular flexibility index (Phi) is 15.8. The van der Waals surface area contributed by atoms with Crippen molar-refractivity contribution >= 4 is 11.8 Å². The summed E-state index contributed by atoms with van der Waals surface area (Å²) < 4.78 is 5.48. The van der Waals surface area contributed by atoms with Crippen LogP contribution in [0, 0.1) is 5.92 Å². The van der Waals surface area contributed by atoms with Crippen LogP contribution in [0.5, 0.6) is 0 Å². The number of aliphatic hydroxyl groups is 1. The van der Waals surface area contributed by atoms with Crippen LogP contribution in [0.4, 0.5) is 0 Å². The standard InChI is InChI=1S/C16H35NO2S/c1-15(2)9-8-11-19-14-16(18)13-17-10-6-4-5-7-12-20-3/h15-18H,4-14H2,1-3H3. The molecule has 0 heterocycles. The lowest BCUT2D eigenvalue weighted by atomic mass is 10.1. The van der Waals surface area contributed by atoms with E-state index in [0.29, 0.717) is 13.2 Å². The lowest BCUT2D eigenvalue weighted by Gasteiger charge is -2.12. The van der Waals surface area contributed by atoms with Crippen molar-refractivity contribution in [2.24, 2.45) is 5.92 Å². The highest BCUT2D eigenvalue weighted by Crippen LogP contribution is 2.04. The summed E-state index contributed by atoms with van der Waals surface area (Å²) in [5, 5.41) is 13.0. The highest BCUT2D eigenvalue weighted by atomic mass is 32.2. The molecule has 0 amide bonds. The van der Waals surface area contributed by atoms with Crippen molar-refractivity contribution in [2.45, 2.75) is 58.5 Å². The number of aliphatic hydroxyl groups excluding tert-OH is 1. The summed E-state index contributed by atoms with van der Waals surface area (Å²) in [6, 6.07) is 0. The molecular weight excluding hydrogens is 270 g/mol. The number of hydrogen-bond acceptors (Lipinski definition) is 4. The van der Waals surface area contributed by atoms with Crippen molar-refractivity contribution in [3.05, 3.63) is 0 Å². The van der Waals surface area contributed by atoms with Crippen LogP contribution in [-0.2, 0) is 4.74 Å². The van der Waals surface area contributed by atoms with Crippen LogP contribution in [0.15, 0.2) is 0 Å². The number of rotatable bonds is 15. The normalized spacial score (nSPS) is 13.1. The topological polar surface area (TPSA) is 41.5 Å². The summed E-state index contributed by atoms with van der Waals surface area (Å²) in [5.41, 5.74) is 0. The Morgan fingerprint density at radius 2 is 1.85 bits per heavy atom. The SMILES string of the molecule is CSCCCCCCNCC(O)COCCCC(C)C. The smallest absolute Gasteiger partial charge is 0.0897 e. The predicted octanol–water partition coefficient (Wildman–Crippen LogP) is 3.31. The molecule has 0 aromatic carbocycles. The maximum atomic E-state index is 9.74. The Hall–Kier alpha value is 0.230. The molecule has 2 N–H and O–H groups in total. The second-order valence-corrected chi connectivity index (χ2v) is 6.86. The summed E-state index contributed by atoms with van der Waals surface area (Å²) >= 11 is 1.92. The van der Waals surface area contributed by atoms with E-state index in [0.717, 1.165) is 25.5 Å². The fourth-order valence-corrected chi connectivity index (χ4v) is 2.48. The first-order valence-electron chi connectivity index (χ1n) is 8.12. The molecule has 0 aliphatic carbocycles. The summed E-state index contributed by atoms with van der Waals surface area (Å²) in [4.78, 5) is 0. The summed E-state index contributed by atoms with van der Waals surface area (Å²) in [6.07, 6.45) is 9.22. The lowest BCUT2D eigenvalue weighted by Crippen LogP contribution is -2.31. The number of thioether (sulfide) groups is 1. The van der Waals surface area contributed by atoms with Gasteiger partial charge in [0.15, 0.2) is 0 Å². The quantitative estimate of drug-likeness (QED) is 0.455.